The smallest absolute Gasteiger partial charge is 0.308 e. The fourth-order valence-electron chi connectivity index (χ4n) is 1.81. The Morgan fingerprint density at radius 2 is 2.00 bits per heavy atom. The quantitative estimate of drug-likeness (QED) is 0.886. The van der Waals surface area contributed by atoms with Crippen LogP contribution in [-0.4, -0.2) is 34.4 Å². The summed E-state index contributed by atoms with van der Waals surface area (Å²) in [5.41, 5.74) is 2.58. The van der Waals surface area contributed by atoms with Crippen molar-refractivity contribution in [2.45, 2.75) is 6.42 Å². The summed E-state index contributed by atoms with van der Waals surface area (Å²) in [5, 5.41) is 10.4. The van der Waals surface area contributed by atoms with Crippen molar-refractivity contribution in [1.82, 2.24) is 10.4 Å². The topological polar surface area (TPSA) is 86.7 Å². The highest BCUT2D eigenvalue weighted by molar-refractivity contribution is 6.42. The zero-order valence-electron chi connectivity index (χ0n) is 10.1. The summed E-state index contributed by atoms with van der Waals surface area (Å²) in [6.07, 6.45) is -0.128. The van der Waals surface area contributed by atoms with Crippen molar-refractivity contribution in [3.8, 4) is 0 Å². The molecule has 2 amide bonds. The summed E-state index contributed by atoms with van der Waals surface area (Å²) >= 11 is 11.5. The molecule has 0 spiro atoms. The maximum Gasteiger partial charge on any atom is 0.308 e. The molecule has 1 saturated heterocycles. The molecule has 6 nitrogen and oxygen atoms in total. The summed E-state index contributed by atoms with van der Waals surface area (Å²) in [4.78, 5) is 34.3. The van der Waals surface area contributed by atoms with Gasteiger partial charge in [0.15, 0.2) is 0 Å². The molecule has 1 atom stereocenters. The number of halogens is 2. The van der Waals surface area contributed by atoms with Gasteiger partial charge in [0, 0.05) is 12.0 Å². The molecule has 1 fully saturated rings. The normalized spacial score (nSPS) is 18.2. The average molecular weight is 317 g/mol. The van der Waals surface area contributed by atoms with Crippen molar-refractivity contribution in [3.63, 3.8) is 0 Å². The van der Waals surface area contributed by atoms with Gasteiger partial charge in [-0.3, -0.25) is 24.8 Å². The summed E-state index contributed by atoms with van der Waals surface area (Å²) in [6.45, 7) is -0.0543. The predicted molar refractivity (Wildman–Crippen MR) is 71.4 cm³/mol. The number of carbonyl (C=O) groups excluding carboxylic acids is 2. The molecule has 0 aliphatic carbocycles. The second-order valence-electron chi connectivity index (χ2n) is 4.31. The Morgan fingerprint density at radius 1 is 1.30 bits per heavy atom. The Balaban J connectivity index is 2.06. The van der Waals surface area contributed by atoms with Crippen LogP contribution in [0.1, 0.15) is 16.8 Å². The number of carbonyl (C=O) groups is 3. The molecule has 0 aromatic heterocycles. The molecule has 8 heteroatoms. The molecule has 20 heavy (non-hydrogen) atoms. The van der Waals surface area contributed by atoms with E-state index in [4.69, 9.17) is 28.3 Å². The van der Waals surface area contributed by atoms with E-state index < -0.39 is 23.7 Å². The number of rotatable bonds is 3. The van der Waals surface area contributed by atoms with Crippen molar-refractivity contribution in [2.24, 2.45) is 5.92 Å². The lowest BCUT2D eigenvalue weighted by Gasteiger charge is -2.17. The third kappa shape index (κ3) is 3.02. The number of benzene rings is 1. The second kappa shape index (κ2) is 5.68. The highest BCUT2D eigenvalue weighted by Gasteiger charge is 2.35. The molecule has 0 radical (unpaired) electrons. The number of amides is 2. The van der Waals surface area contributed by atoms with Gasteiger partial charge in [0.05, 0.1) is 22.5 Å². The van der Waals surface area contributed by atoms with Crippen LogP contribution in [-0.2, 0) is 9.59 Å². The summed E-state index contributed by atoms with van der Waals surface area (Å²) < 4.78 is 0. The predicted octanol–water partition coefficient (Wildman–Crippen LogP) is 1.57. The van der Waals surface area contributed by atoms with Crippen molar-refractivity contribution in [2.75, 3.05) is 6.54 Å². The van der Waals surface area contributed by atoms with Crippen LogP contribution in [0.3, 0.4) is 0 Å². The minimum absolute atomic E-state index is 0.0543. The highest BCUT2D eigenvalue weighted by Crippen LogP contribution is 2.23. The van der Waals surface area contributed by atoms with E-state index in [1.54, 1.807) is 0 Å². The van der Waals surface area contributed by atoms with E-state index >= 15 is 0 Å². The van der Waals surface area contributed by atoms with E-state index in [-0.39, 0.29) is 23.6 Å². The molecule has 1 unspecified atom stereocenters. The maximum atomic E-state index is 11.9. The Kier molecular flexibility index (Phi) is 4.15. The van der Waals surface area contributed by atoms with Crippen LogP contribution < -0.4 is 5.43 Å². The third-order valence-corrected chi connectivity index (χ3v) is 3.63. The molecule has 2 rings (SSSR count). The van der Waals surface area contributed by atoms with Gasteiger partial charge in [-0.1, -0.05) is 23.2 Å². The van der Waals surface area contributed by atoms with Gasteiger partial charge in [-0.05, 0) is 18.2 Å². The van der Waals surface area contributed by atoms with Gasteiger partial charge in [-0.2, -0.15) is 0 Å². The molecule has 2 N–H and O–H groups in total. The monoisotopic (exact) mass is 316 g/mol. The van der Waals surface area contributed by atoms with Crippen LogP contribution in [0.2, 0.25) is 10.0 Å². The minimum Gasteiger partial charge on any atom is -0.481 e. The van der Waals surface area contributed by atoms with Crippen molar-refractivity contribution in [1.29, 1.82) is 0 Å². The van der Waals surface area contributed by atoms with E-state index in [1.165, 1.54) is 18.2 Å². The molecule has 0 saturated carbocycles. The number of carboxylic acids is 1. The fourth-order valence-corrected chi connectivity index (χ4v) is 2.10. The van der Waals surface area contributed by atoms with Gasteiger partial charge in [0.25, 0.3) is 5.91 Å². The average Bonchev–Trinajstić information content (AvgIpc) is 2.74. The number of carboxylic acid groups (broad SMARTS) is 1. The van der Waals surface area contributed by atoms with Gasteiger partial charge in [0.2, 0.25) is 5.91 Å². The van der Waals surface area contributed by atoms with Gasteiger partial charge in [-0.25, -0.2) is 0 Å². The fraction of sp³-hybridized carbons (Fsp3) is 0.250. The number of nitrogens with zero attached hydrogens (tertiary/aromatic N) is 1. The van der Waals surface area contributed by atoms with Crippen LogP contribution in [0.4, 0.5) is 0 Å². The van der Waals surface area contributed by atoms with Crippen LogP contribution in [0.15, 0.2) is 18.2 Å². The Hall–Kier alpha value is -1.79. The number of nitrogens with one attached hydrogen (secondary N) is 1. The lowest BCUT2D eigenvalue weighted by molar-refractivity contribution is -0.141. The Labute approximate surface area is 124 Å². The molecule has 1 aromatic carbocycles. The number of hydrogen-bond acceptors (Lipinski definition) is 3. The van der Waals surface area contributed by atoms with Crippen LogP contribution in [0.5, 0.6) is 0 Å². The molecular weight excluding hydrogens is 307 g/mol. The van der Waals surface area contributed by atoms with Crippen LogP contribution >= 0.6 is 23.2 Å². The molecule has 0 bridgehead atoms. The van der Waals surface area contributed by atoms with Gasteiger partial charge >= 0.3 is 5.97 Å². The Bertz CT molecular complexity index is 591. The largest absolute Gasteiger partial charge is 0.481 e. The lowest BCUT2D eigenvalue weighted by atomic mass is 10.1. The summed E-state index contributed by atoms with van der Waals surface area (Å²) in [6, 6.07) is 4.29. The van der Waals surface area contributed by atoms with Crippen molar-refractivity contribution in [3.05, 3.63) is 33.8 Å². The third-order valence-electron chi connectivity index (χ3n) is 2.89. The van der Waals surface area contributed by atoms with Crippen LogP contribution in [0.25, 0.3) is 0 Å². The number of hydrazine groups is 1. The van der Waals surface area contributed by atoms with Gasteiger partial charge in [-0.15, -0.1) is 0 Å². The zero-order valence-corrected chi connectivity index (χ0v) is 11.6. The maximum absolute atomic E-state index is 11.9. The van der Waals surface area contributed by atoms with E-state index in [1.807, 2.05) is 0 Å². The lowest BCUT2D eigenvalue weighted by Crippen LogP contribution is -2.43. The second-order valence-corrected chi connectivity index (χ2v) is 5.13. The molecule has 106 valence electrons. The zero-order chi connectivity index (χ0) is 14.9. The van der Waals surface area contributed by atoms with Crippen molar-refractivity contribution >= 4 is 41.0 Å². The summed E-state index contributed by atoms with van der Waals surface area (Å²) in [5.74, 6) is -2.87. The number of aliphatic carboxylic acids is 1. The first kappa shape index (κ1) is 14.6. The van der Waals surface area contributed by atoms with Gasteiger partial charge in [0.1, 0.15) is 0 Å². The van der Waals surface area contributed by atoms with E-state index in [0.717, 1.165) is 5.01 Å². The molecule has 1 aromatic rings. The van der Waals surface area contributed by atoms with E-state index in [9.17, 15) is 14.4 Å². The first-order chi connectivity index (χ1) is 9.38. The van der Waals surface area contributed by atoms with E-state index in [2.05, 4.69) is 5.43 Å². The van der Waals surface area contributed by atoms with E-state index in [0.29, 0.717) is 5.02 Å². The highest BCUT2D eigenvalue weighted by atomic mass is 35.5. The molecule has 1 aliphatic rings. The molecule has 1 heterocycles. The SMILES string of the molecule is O=C(NN1CC(C(=O)O)CC1=O)c1ccc(Cl)c(Cl)c1. The molecule has 1 aliphatic heterocycles. The molecular formula is C12H10Cl2N2O4. The van der Waals surface area contributed by atoms with Crippen LogP contribution in [0, 0.1) is 5.92 Å². The standard InChI is InChI=1S/C12H10Cl2N2O4/c13-8-2-1-6(3-9(8)14)11(18)15-16-5-7(12(19)20)4-10(16)17/h1-3,7H,4-5H2,(H,15,18)(H,19,20). The van der Waals surface area contributed by atoms with Gasteiger partial charge < -0.3 is 5.11 Å². The first-order valence-corrected chi connectivity index (χ1v) is 6.43. The number of hydrogen-bond donors (Lipinski definition) is 2. The first-order valence-electron chi connectivity index (χ1n) is 5.67. The summed E-state index contributed by atoms with van der Waals surface area (Å²) in [7, 11) is 0. The minimum atomic E-state index is -1.07. The van der Waals surface area contributed by atoms with Crippen molar-refractivity contribution < 1.29 is 19.5 Å². The Morgan fingerprint density at radius 3 is 2.55 bits per heavy atom.